The molecule has 0 aliphatic heterocycles. The Morgan fingerprint density at radius 3 is 2.45 bits per heavy atom. The molecule has 2 N–H and O–H groups in total. The van der Waals surface area contributed by atoms with Crippen LogP contribution in [0.4, 0.5) is 0 Å². The van der Waals surface area contributed by atoms with E-state index in [9.17, 15) is 0 Å². The van der Waals surface area contributed by atoms with Crippen LogP contribution in [0.5, 0.6) is 0 Å². The molecule has 5 nitrogen and oxygen atoms in total. The zero-order valence-corrected chi connectivity index (χ0v) is 12.0. The molecule has 1 atom stereocenters. The van der Waals surface area contributed by atoms with Gasteiger partial charge in [-0.25, -0.2) is 4.98 Å². The van der Waals surface area contributed by atoms with E-state index < -0.39 is 7.69 Å². The number of imidazole rings is 1. The Morgan fingerprint density at radius 2 is 1.95 bits per heavy atom. The number of hydrogen-bond acceptors (Lipinski definition) is 4. The van der Waals surface area contributed by atoms with Crippen LogP contribution in [-0.2, 0) is 5.54 Å². The second-order valence-electron chi connectivity index (χ2n) is 4.72. The molecule has 1 heterocycles. The van der Waals surface area contributed by atoms with Crippen molar-refractivity contribution in [2.75, 3.05) is 0 Å². The standard InChI is InChI=1S/C16H13N3.BH3O2/c17-12-14-4-6-15(7-5-14)16(8-2-1-3-9-16)19-11-10-18-13-19;2-1-3/h1-8,10-11,13H,9H2;1-3H. The Morgan fingerprint density at radius 1 is 1.23 bits per heavy atom. The molecular weight excluding hydrogens is 277 g/mol. The van der Waals surface area contributed by atoms with Gasteiger partial charge in [-0.15, -0.1) is 0 Å². The highest BCUT2D eigenvalue weighted by molar-refractivity contribution is 6.13. The van der Waals surface area contributed by atoms with Crippen LogP contribution in [0.2, 0.25) is 0 Å². The van der Waals surface area contributed by atoms with E-state index in [-0.39, 0.29) is 5.54 Å². The molecule has 1 aliphatic carbocycles. The van der Waals surface area contributed by atoms with Crippen molar-refractivity contribution in [1.29, 1.82) is 5.26 Å². The van der Waals surface area contributed by atoms with E-state index in [4.69, 9.17) is 15.3 Å². The van der Waals surface area contributed by atoms with Crippen molar-refractivity contribution < 1.29 is 10.0 Å². The van der Waals surface area contributed by atoms with Gasteiger partial charge >= 0.3 is 7.69 Å². The second kappa shape index (κ2) is 7.41. The van der Waals surface area contributed by atoms with Crippen molar-refractivity contribution in [3.8, 4) is 6.07 Å². The first-order chi connectivity index (χ1) is 10.8. The van der Waals surface area contributed by atoms with Gasteiger partial charge in [0.05, 0.1) is 23.5 Å². The number of nitriles is 1. The molecule has 1 unspecified atom stereocenters. The Kier molecular flexibility index (Phi) is 5.31. The minimum atomic E-state index is -0.750. The van der Waals surface area contributed by atoms with Gasteiger partial charge in [-0.3, -0.25) is 0 Å². The number of benzene rings is 1. The Balaban J connectivity index is 0.000000545. The first-order valence-corrected chi connectivity index (χ1v) is 6.82. The summed E-state index contributed by atoms with van der Waals surface area (Å²) in [6, 6.07) is 9.91. The Hall–Kier alpha value is -2.62. The predicted octanol–water partition coefficient (Wildman–Crippen LogP) is 1.25. The average molecular weight is 293 g/mol. The fourth-order valence-electron chi connectivity index (χ4n) is 2.49. The van der Waals surface area contributed by atoms with Gasteiger partial charge in [0, 0.05) is 12.4 Å². The summed E-state index contributed by atoms with van der Waals surface area (Å²) in [6.45, 7) is 0. The molecule has 0 spiro atoms. The first-order valence-electron chi connectivity index (χ1n) is 6.82. The SMILES string of the molecule is N#Cc1ccc(C2(n3ccnc3)C=CC=CC2)cc1.OBO. The van der Waals surface area contributed by atoms with Crippen LogP contribution in [0.15, 0.2) is 67.3 Å². The third-order valence-electron chi connectivity index (χ3n) is 3.53. The topological polar surface area (TPSA) is 82.1 Å². The lowest BCUT2D eigenvalue weighted by Gasteiger charge is -2.33. The second-order valence-corrected chi connectivity index (χ2v) is 4.72. The summed E-state index contributed by atoms with van der Waals surface area (Å²) in [5.74, 6) is 0. The van der Waals surface area contributed by atoms with Crippen LogP contribution in [0, 0.1) is 11.3 Å². The number of allylic oxidation sites excluding steroid dienone is 4. The van der Waals surface area contributed by atoms with E-state index in [1.807, 2.05) is 36.8 Å². The lowest BCUT2D eigenvalue weighted by atomic mass is 9.83. The fraction of sp³-hybridized carbons (Fsp3) is 0.125. The van der Waals surface area contributed by atoms with Crippen LogP contribution in [0.1, 0.15) is 17.5 Å². The maximum Gasteiger partial charge on any atom is 0.432 e. The third kappa shape index (κ3) is 3.17. The van der Waals surface area contributed by atoms with Crippen molar-refractivity contribution >= 4 is 7.69 Å². The van der Waals surface area contributed by atoms with E-state index >= 15 is 0 Å². The molecule has 22 heavy (non-hydrogen) atoms. The number of hydrogen-bond donors (Lipinski definition) is 2. The molecule has 0 saturated heterocycles. The summed E-state index contributed by atoms with van der Waals surface area (Å²) in [5, 5.41) is 23.1. The van der Waals surface area contributed by atoms with Crippen molar-refractivity contribution in [2.45, 2.75) is 12.0 Å². The van der Waals surface area contributed by atoms with Gasteiger partial charge in [0.2, 0.25) is 0 Å². The summed E-state index contributed by atoms with van der Waals surface area (Å²) < 4.78 is 2.11. The van der Waals surface area contributed by atoms with Gasteiger partial charge in [0.1, 0.15) is 0 Å². The van der Waals surface area contributed by atoms with Crippen LogP contribution in [0.3, 0.4) is 0 Å². The van der Waals surface area contributed by atoms with Gasteiger partial charge in [-0.05, 0) is 24.1 Å². The molecule has 0 bridgehead atoms. The summed E-state index contributed by atoms with van der Waals surface area (Å²) in [6.07, 6.45) is 14.9. The highest BCUT2D eigenvalue weighted by Crippen LogP contribution is 2.34. The van der Waals surface area contributed by atoms with Crippen molar-refractivity contribution in [3.05, 3.63) is 78.4 Å². The lowest BCUT2D eigenvalue weighted by molar-refractivity contribution is 0.448. The number of aromatic nitrogens is 2. The van der Waals surface area contributed by atoms with Crippen molar-refractivity contribution in [2.24, 2.45) is 0 Å². The normalized spacial score (nSPS) is 19.0. The zero-order chi connectivity index (χ0) is 15.8. The molecule has 6 heteroatoms. The smallest absolute Gasteiger partial charge is 0.430 e. The quantitative estimate of drug-likeness (QED) is 0.816. The molecule has 0 saturated carbocycles. The highest BCUT2D eigenvalue weighted by atomic mass is 16.4. The molecule has 0 amide bonds. The zero-order valence-electron chi connectivity index (χ0n) is 12.0. The highest BCUT2D eigenvalue weighted by Gasteiger charge is 2.30. The van der Waals surface area contributed by atoms with E-state index in [1.54, 1.807) is 6.20 Å². The van der Waals surface area contributed by atoms with E-state index in [0.717, 1.165) is 12.0 Å². The average Bonchev–Trinajstić information content (AvgIpc) is 3.11. The Labute approximate surface area is 129 Å². The fourth-order valence-corrected chi connectivity index (χ4v) is 2.49. The minimum absolute atomic E-state index is 0.237. The van der Waals surface area contributed by atoms with Gasteiger partial charge in [0.25, 0.3) is 0 Å². The largest absolute Gasteiger partial charge is 0.432 e. The molecule has 3 rings (SSSR count). The molecule has 0 fully saturated rings. The van der Waals surface area contributed by atoms with Crippen LogP contribution < -0.4 is 0 Å². The first kappa shape index (κ1) is 15.8. The monoisotopic (exact) mass is 293 g/mol. The summed E-state index contributed by atoms with van der Waals surface area (Å²) in [7, 11) is -0.750. The molecular formula is C16H16BN3O2. The summed E-state index contributed by atoms with van der Waals surface area (Å²) in [5.41, 5.74) is 1.60. The van der Waals surface area contributed by atoms with E-state index in [2.05, 4.69) is 39.9 Å². The maximum atomic E-state index is 8.90. The van der Waals surface area contributed by atoms with Crippen molar-refractivity contribution in [1.82, 2.24) is 9.55 Å². The van der Waals surface area contributed by atoms with Gasteiger partial charge in [0.15, 0.2) is 0 Å². The van der Waals surface area contributed by atoms with E-state index in [0.29, 0.717) is 5.56 Å². The Bertz CT molecular complexity index is 687. The van der Waals surface area contributed by atoms with Crippen molar-refractivity contribution in [3.63, 3.8) is 0 Å². The number of rotatable bonds is 2. The molecule has 2 aromatic rings. The molecule has 1 aliphatic rings. The van der Waals surface area contributed by atoms with Crippen LogP contribution >= 0.6 is 0 Å². The van der Waals surface area contributed by atoms with Gasteiger partial charge in [-0.1, -0.05) is 36.4 Å². The molecule has 0 radical (unpaired) electrons. The van der Waals surface area contributed by atoms with Gasteiger partial charge in [-0.2, -0.15) is 5.26 Å². The van der Waals surface area contributed by atoms with Crippen LogP contribution in [-0.4, -0.2) is 27.3 Å². The number of nitrogens with zero attached hydrogens (tertiary/aromatic N) is 3. The summed E-state index contributed by atoms with van der Waals surface area (Å²) in [4.78, 5) is 4.15. The van der Waals surface area contributed by atoms with E-state index in [1.165, 1.54) is 0 Å². The summed E-state index contributed by atoms with van der Waals surface area (Å²) >= 11 is 0. The molecule has 1 aromatic heterocycles. The maximum absolute atomic E-state index is 8.90. The van der Waals surface area contributed by atoms with Crippen LogP contribution in [0.25, 0.3) is 0 Å². The minimum Gasteiger partial charge on any atom is -0.430 e. The predicted molar refractivity (Wildman–Crippen MR) is 84.9 cm³/mol. The third-order valence-corrected chi connectivity index (χ3v) is 3.53. The molecule has 1 aromatic carbocycles. The molecule has 110 valence electrons. The van der Waals surface area contributed by atoms with Gasteiger partial charge < -0.3 is 14.6 Å². The lowest BCUT2D eigenvalue weighted by Crippen LogP contribution is -2.32.